The Morgan fingerprint density at radius 1 is 1.02 bits per heavy atom. The van der Waals surface area contributed by atoms with E-state index in [-0.39, 0.29) is 41.7 Å². The van der Waals surface area contributed by atoms with E-state index in [9.17, 15) is 14.0 Å². The minimum Gasteiger partial charge on any atom is -0.459 e. The molecule has 1 atom stereocenters. The van der Waals surface area contributed by atoms with Crippen LogP contribution in [-0.4, -0.2) is 43.1 Å². The van der Waals surface area contributed by atoms with E-state index in [4.69, 9.17) is 4.42 Å². The molecule has 12 heteroatoms. The molecular formula is C29H23FN6O3S2. The number of amides is 2. The van der Waals surface area contributed by atoms with Gasteiger partial charge in [0.1, 0.15) is 5.82 Å². The van der Waals surface area contributed by atoms with Crippen molar-refractivity contribution in [3.8, 4) is 5.69 Å². The highest BCUT2D eigenvalue weighted by molar-refractivity contribution is 7.99. The molecule has 1 N–H and O–H groups in total. The predicted octanol–water partition coefficient (Wildman–Crippen LogP) is 5.46. The Hall–Kier alpha value is -4.55. The Balaban J connectivity index is 1.23. The van der Waals surface area contributed by atoms with Crippen molar-refractivity contribution >= 4 is 40.6 Å². The van der Waals surface area contributed by atoms with Gasteiger partial charge < -0.3 is 9.73 Å². The van der Waals surface area contributed by atoms with Crippen LogP contribution in [0.5, 0.6) is 0 Å². The van der Waals surface area contributed by atoms with Gasteiger partial charge in [0.2, 0.25) is 0 Å². The smallest absolute Gasteiger partial charge is 0.287 e. The van der Waals surface area contributed by atoms with Gasteiger partial charge in [-0.1, -0.05) is 48.2 Å². The van der Waals surface area contributed by atoms with Gasteiger partial charge in [-0.3, -0.25) is 14.2 Å². The summed E-state index contributed by atoms with van der Waals surface area (Å²) < 4.78 is 20.6. The molecule has 1 aliphatic rings. The Labute approximate surface area is 242 Å². The number of hydrazone groups is 1. The first kappa shape index (κ1) is 26.7. The fourth-order valence-corrected chi connectivity index (χ4v) is 6.01. The van der Waals surface area contributed by atoms with Crippen molar-refractivity contribution in [2.75, 3.05) is 5.75 Å². The number of rotatable bonds is 9. The zero-order chi connectivity index (χ0) is 28.2. The molecule has 9 nitrogen and oxygen atoms in total. The normalized spacial score (nSPS) is 14.7. The maximum Gasteiger partial charge on any atom is 0.287 e. The summed E-state index contributed by atoms with van der Waals surface area (Å²) >= 11 is 2.79. The lowest BCUT2D eigenvalue weighted by Gasteiger charge is -2.22. The molecule has 0 saturated heterocycles. The van der Waals surface area contributed by atoms with E-state index in [1.807, 2.05) is 52.4 Å². The summed E-state index contributed by atoms with van der Waals surface area (Å²) in [5, 5.41) is 20.1. The van der Waals surface area contributed by atoms with Crippen LogP contribution in [0.25, 0.3) is 5.69 Å². The maximum atomic E-state index is 13.6. The number of hydrogen-bond donors (Lipinski definition) is 1. The number of carbonyl (C=O) groups is 2. The topological polar surface area (TPSA) is 106 Å². The highest BCUT2D eigenvalue weighted by Gasteiger charge is 2.33. The van der Waals surface area contributed by atoms with Gasteiger partial charge in [0, 0.05) is 12.1 Å². The van der Waals surface area contributed by atoms with E-state index < -0.39 is 0 Å². The molecule has 0 saturated carbocycles. The Kier molecular flexibility index (Phi) is 7.74. The van der Waals surface area contributed by atoms with Crippen molar-refractivity contribution in [3.63, 3.8) is 0 Å². The molecule has 6 rings (SSSR count). The zero-order valence-corrected chi connectivity index (χ0v) is 23.1. The minimum absolute atomic E-state index is 0.0443. The number of hydrogen-bond acceptors (Lipinski definition) is 8. The number of para-hydroxylation sites is 1. The van der Waals surface area contributed by atoms with Gasteiger partial charge in [0.15, 0.2) is 16.7 Å². The lowest BCUT2D eigenvalue weighted by Crippen LogP contribution is -2.28. The average Bonchev–Trinajstić information content (AvgIpc) is 3.82. The number of aromatic nitrogens is 3. The summed E-state index contributed by atoms with van der Waals surface area (Å²) in [6.45, 7) is 0.100. The van der Waals surface area contributed by atoms with Crippen LogP contribution in [0.3, 0.4) is 0 Å². The Bertz CT molecular complexity index is 1670. The molecule has 0 unspecified atom stereocenters. The Morgan fingerprint density at radius 3 is 2.59 bits per heavy atom. The van der Waals surface area contributed by atoms with Crippen LogP contribution in [0.1, 0.15) is 39.3 Å². The number of furan rings is 1. The second-order valence-electron chi connectivity index (χ2n) is 9.05. The quantitative estimate of drug-likeness (QED) is 0.230. The molecule has 41 heavy (non-hydrogen) atoms. The molecular weight excluding hydrogens is 563 g/mol. The first-order chi connectivity index (χ1) is 20.1. The monoisotopic (exact) mass is 586 g/mol. The number of thioether (sulfide) groups is 1. The minimum atomic E-state index is -0.373. The molecule has 1 aliphatic heterocycles. The third-order valence-corrected chi connectivity index (χ3v) is 8.25. The molecule has 2 aromatic carbocycles. The van der Waals surface area contributed by atoms with Crippen LogP contribution >= 0.6 is 23.1 Å². The standard InChI is InChI=1S/C29H23FN6O3S2/c30-20-12-10-19(11-13-20)23-16-22(25-9-5-15-40-25)34-36(23)27(37)18-41-29-33-32-26(35(29)21-6-2-1-3-7-21)17-31-28(38)24-8-4-14-39-24/h1-15,23H,16-18H2,(H,31,38)/t23-/m1/s1. The summed E-state index contributed by atoms with van der Waals surface area (Å²) in [4.78, 5) is 27.0. The third kappa shape index (κ3) is 5.83. The van der Waals surface area contributed by atoms with Crippen LogP contribution < -0.4 is 5.32 Å². The molecule has 4 heterocycles. The average molecular weight is 587 g/mol. The maximum absolute atomic E-state index is 13.6. The number of benzene rings is 2. The van der Waals surface area contributed by atoms with Crippen LogP contribution in [-0.2, 0) is 11.3 Å². The van der Waals surface area contributed by atoms with E-state index in [0.717, 1.165) is 21.8 Å². The van der Waals surface area contributed by atoms with Gasteiger partial charge in [-0.05, 0) is 53.4 Å². The molecule has 0 radical (unpaired) electrons. The second-order valence-corrected chi connectivity index (χ2v) is 10.9. The fraction of sp³-hybridized carbons (Fsp3) is 0.138. The van der Waals surface area contributed by atoms with E-state index in [1.165, 1.54) is 35.2 Å². The van der Waals surface area contributed by atoms with Crippen LogP contribution in [0.4, 0.5) is 4.39 Å². The number of thiophene rings is 1. The van der Waals surface area contributed by atoms with Crippen molar-refractivity contribution in [1.29, 1.82) is 0 Å². The van der Waals surface area contributed by atoms with Crippen molar-refractivity contribution < 1.29 is 18.4 Å². The molecule has 0 bridgehead atoms. The summed E-state index contributed by atoms with van der Waals surface area (Å²) in [5.74, 6) is -0.193. The lowest BCUT2D eigenvalue weighted by atomic mass is 10.0. The number of halogens is 1. The summed E-state index contributed by atoms with van der Waals surface area (Å²) in [6, 6.07) is 22.4. The first-order valence-corrected chi connectivity index (χ1v) is 14.6. The summed E-state index contributed by atoms with van der Waals surface area (Å²) in [7, 11) is 0. The van der Waals surface area contributed by atoms with Crippen LogP contribution in [0.15, 0.2) is 105 Å². The van der Waals surface area contributed by atoms with E-state index in [2.05, 4.69) is 20.6 Å². The zero-order valence-electron chi connectivity index (χ0n) is 21.5. The van der Waals surface area contributed by atoms with E-state index >= 15 is 0 Å². The van der Waals surface area contributed by atoms with Crippen molar-refractivity contribution in [3.05, 3.63) is 118 Å². The van der Waals surface area contributed by atoms with Gasteiger partial charge in [-0.15, -0.1) is 21.5 Å². The second kappa shape index (κ2) is 11.9. The molecule has 2 amide bonds. The van der Waals surface area contributed by atoms with Crippen molar-refractivity contribution in [2.24, 2.45) is 5.10 Å². The predicted molar refractivity (Wildman–Crippen MR) is 153 cm³/mol. The van der Waals surface area contributed by atoms with Crippen molar-refractivity contribution in [2.45, 2.75) is 24.2 Å². The summed E-state index contributed by atoms with van der Waals surface area (Å²) in [5.41, 5.74) is 2.41. The van der Waals surface area contributed by atoms with Gasteiger partial charge in [0.05, 0.1) is 35.2 Å². The highest BCUT2D eigenvalue weighted by atomic mass is 32.2. The van der Waals surface area contributed by atoms with Gasteiger partial charge >= 0.3 is 0 Å². The van der Waals surface area contributed by atoms with Crippen molar-refractivity contribution in [1.82, 2.24) is 25.1 Å². The van der Waals surface area contributed by atoms with Gasteiger partial charge in [0.25, 0.3) is 11.8 Å². The highest BCUT2D eigenvalue weighted by Crippen LogP contribution is 2.35. The first-order valence-electron chi connectivity index (χ1n) is 12.7. The molecule has 3 aromatic heterocycles. The van der Waals surface area contributed by atoms with Gasteiger partial charge in [-0.2, -0.15) is 5.10 Å². The molecule has 0 spiro atoms. The van der Waals surface area contributed by atoms with E-state index in [0.29, 0.717) is 17.4 Å². The molecule has 0 aliphatic carbocycles. The molecule has 0 fully saturated rings. The van der Waals surface area contributed by atoms with Crippen LogP contribution in [0.2, 0.25) is 0 Å². The molecule has 206 valence electrons. The number of nitrogens with zero attached hydrogens (tertiary/aromatic N) is 5. The van der Waals surface area contributed by atoms with E-state index in [1.54, 1.807) is 35.6 Å². The van der Waals surface area contributed by atoms with Crippen LogP contribution in [0, 0.1) is 5.82 Å². The Morgan fingerprint density at radius 2 is 1.85 bits per heavy atom. The lowest BCUT2D eigenvalue weighted by molar-refractivity contribution is -0.130. The number of carbonyl (C=O) groups excluding carboxylic acids is 2. The largest absolute Gasteiger partial charge is 0.459 e. The third-order valence-electron chi connectivity index (χ3n) is 6.42. The number of nitrogens with one attached hydrogen (secondary N) is 1. The summed E-state index contributed by atoms with van der Waals surface area (Å²) in [6.07, 6.45) is 1.96. The van der Waals surface area contributed by atoms with Gasteiger partial charge in [-0.25, -0.2) is 9.40 Å². The fourth-order valence-electron chi connectivity index (χ4n) is 4.47. The SMILES string of the molecule is O=C(NCc1nnc(SCC(=O)N2N=C(c3cccs3)C[C@@H]2c2ccc(F)cc2)n1-c1ccccc1)c1ccco1. The molecule has 5 aromatic rings.